The van der Waals surface area contributed by atoms with Crippen LogP contribution >= 0.6 is 11.8 Å². The number of rotatable bonds is 7. The van der Waals surface area contributed by atoms with Crippen molar-refractivity contribution < 1.29 is 18.8 Å². The van der Waals surface area contributed by atoms with Crippen molar-refractivity contribution in [2.24, 2.45) is 0 Å². The third-order valence-electron chi connectivity index (χ3n) is 4.50. The topological polar surface area (TPSA) is 44.8 Å². The van der Waals surface area contributed by atoms with Crippen LogP contribution in [0.15, 0.2) is 29.2 Å². The summed E-state index contributed by atoms with van der Waals surface area (Å²) in [6.45, 7) is 10.5. The first-order valence-electron chi connectivity index (χ1n) is 8.49. The summed E-state index contributed by atoms with van der Waals surface area (Å²) >= 11 is 1.74. The fourth-order valence-corrected chi connectivity index (χ4v) is 3.19. The molecule has 0 unspecified atom stereocenters. The SMILES string of the molecule is CCOC(=O)CCCSc1ccc(B2OC(C)(C)C(C)(C)O2)cc1. The number of esters is 1. The van der Waals surface area contributed by atoms with Crippen LogP contribution < -0.4 is 5.46 Å². The Labute approximate surface area is 149 Å². The van der Waals surface area contributed by atoms with Crippen molar-refractivity contribution in [3.8, 4) is 0 Å². The molecular formula is C18H27BO4S. The predicted molar refractivity (Wildman–Crippen MR) is 98.7 cm³/mol. The number of carbonyl (C=O) groups excluding carboxylic acids is 1. The Morgan fingerprint density at radius 3 is 2.25 bits per heavy atom. The molecule has 1 fully saturated rings. The summed E-state index contributed by atoms with van der Waals surface area (Å²) in [7, 11) is -0.321. The van der Waals surface area contributed by atoms with E-state index in [0.717, 1.165) is 17.6 Å². The lowest BCUT2D eigenvalue weighted by Crippen LogP contribution is -2.41. The molecule has 1 saturated heterocycles. The Hall–Kier alpha value is -0.975. The van der Waals surface area contributed by atoms with Crippen molar-refractivity contribution in [1.82, 2.24) is 0 Å². The number of ether oxygens (including phenoxy) is 1. The summed E-state index contributed by atoms with van der Waals surface area (Å²) in [5.41, 5.74) is 0.389. The maximum absolute atomic E-state index is 11.3. The van der Waals surface area contributed by atoms with Gasteiger partial charge in [-0.25, -0.2) is 0 Å². The largest absolute Gasteiger partial charge is 0.494 e. The minimum absolute atomic E-state index is 0.116. The lowest BCUT2D eigenvalue weighted by Gasteiger charge is -2.32. The standard InChI is InChI=1S/C18H27BO4S/c1-6-21-16(20)8-7-13-24-15-11-9-14(10-12-15)19-22-17(2,3)18(4,5)23-19/h9-12H,6-8,13H2,1-5H3. The van der Waals surface area contributed by atoms with Crippen LogP contribution in [0.3, 0.4) is 0 Å². The highest BCUT2D eigenvalue weighted by atomic mass is 32.2. The third-order valence-corrected chi connectivity index (χ3v) is 5.60. The molecule has 1 aromatic carbocycles. The number of hydrogen-bond donors (Lipinski definition) is 0. The molecule has 1 aliphatic heterocycles. The summed E-state index contributed by atoms with van der Waals surface area (Å²) in [4.78, 5) is 12.5. The van der Waals surface area contributed by atoms with Crippen molar-refractivity contribution in [1.29, 1.82) is 0 Å². The molecule has 0 bridgehead atoms. The number of thioether (sulfide) groups is 1. The zero-order chi connectivity index (χ0) is 17.8. The zero-order valence-corrected chi connectivity index (χ0v) is 16.1. The van der Waals surface area contributed by atoms with Crippen LogP contribution in [0, 0.1) is 0 Å². The second-order valence-electron chi connectivity index (χ2n) is 6.91. The smallest absolute Gasteiger partial charge is 0.466 e. The second-order valence-corrected chi connectivity index (χ2v) is 8.08. The first-order valence-corrected chi connectivity index (χ1v) is 9.48. The molecule has 132 valence electrons. The quantitative estimate of drug-likeness (QED) is 0.326. The number of carbonyl (C=O) groups is 1. The van der Waals surface area contributed by atoms with E-state index in [1.165, 1.54) is 4.90 Å². The molecule has 1 aliphatic rings. The van der Waals surface area contributed by atoms with Crippen molar-refractivity contribution >= 4 is 30.3 Å². The average molecular weight is 350 g/mol. The highest BCUT2D eigenvalue weighted by Crippen LogP contribution is 2.36. The van der Waals surface area contributed by atoms with Crippen LogP contribution in [-0.4, -0.2) is 36.6 Å². The molecule has 0 N–H and O–H groups in total. The highest BCUT2D eigenvalue weighted by Gasteiger charge is 2.51. The van der Waals surface area contributed by atoms with Gasteiger partial charge in [0.15, 0.2) is 0 Å². The Bertz CT molecular complexity index is 541. The van der Waals surface area contributed by atoms with Gasteiger partial charge in [-0.2, -0.15) is 0 Å². The maximum Gasteiger partial charge on any atom is 0.494 e. The van der Waals surface area contributed by atoms with E-state index in [9.17, 15) is 4.79 Å². The second kappa shape index (κ2) is 7.94. The van der Waals surface area contributed by atoms with Gasteiger partial charge in [-0.1, -0.05) is 12.1 Å². The molecule has 0 amide bonds. The van der Waals surface area contributed by atoms with E-state index in [4.69, 9.17) is 14.0 Å². The first-order chi connectivity index (χ1) is 11.2. The van der Waals surface area contributed by atoms with E-state index in [2.05, 4.69) is 52.0 Å². The molecule has 0 radical (unpaired) electrons. The van der Waals surface area contributed by atoms with Crippen LogP contribution in [0.1, 0.15) is 47.5 Å². The van der Waals surface area contributed by atoms with Crippen molar-refractivity contribution in [2.45, 2.75) is 63.6 Å². The third kappa shape index (κ3) is 4.77. The van der Waals surface area contributed by atoms with Crippen molar-refractivity contribution in [3.63, 3.8) is 0 Å². The van der Waals surface area contributed by atoms with Gasteiger partial charge in [0.05, 0.1) is 17.8 Å². The van der Waals surface area contributed by atoms with Gasteiger partial charge in [-0.3, -0.25) is 4.79 Å². The molecule has 0 spiro atoms. The van der Waals surface area contributed by atoms with Gasteiger partial charge in [0.2, 0.25) is 0 Å². The normalized spacial score (nSPS) is 18.6. The van der Waals surface area contributed by atoms with Gasteiger partial charge in [0, 0.05) is 11.3 Å². The van der Waals surface area contributed by atoms with Gasteiger partial charge in [-0.05, 0) is 64.4 Å². The Morgan fingerprint density at radius 2 is 1.71 bits per heavy atom. The van der Waals surface area contributed by atoms with Crippen LogP contribution in [0.25, 0.3) is 0 Å². The van der Waals surface area contributed by atoms with E-state index in [0.29, 0.717) is 13.0 Å². The minimum Gasteiger partial charge on any atom is -0.466 e. The summed E-state index contributed by atoms with van der Waals surface area (Å²) < 4.78 is 17.0. The Kier molecular flexibility index (Phi) is 6.40. The van der Waals surface area contributed by atoms with Gasteiger partial charge in [0.25, 0.3) is 0 Å². The monoisotopic (exact) mass is 350 g/mol. The lowest BCUT2D eigenvalue weighted by atomic mass is 9.79. The molecule has 4 nitrogen and oxygen atoms in total. The van der Waals surface area contributed by atoms with Gasteiger partial charge in [-0.15, -0.1) is 11.8 Å². The van der Waals surface area contributed by atoms with Gasteiger partial charge < -0.3 is 14.0 Å². The Morgan fingerprint density at radius 1 is 1.12 bits per heavy atom. The molecule has 0 aromatic heterocycles. The maximum atomic E-state index is 11.3. The number of benzene rings is 1. The summed E-state index contributed by atoms with van der Waals surface area (Å²) in [5, 5.41) is 0. The van der Waals surface area contributed by atoms with Gasteiger partial charge in [0.1, 0.15) is 0 Å². The summed E-state index contributed by atoms with van der Waals surface area (Å²) in [5.74, 6) is 0.781. The highest BCUT2D eigenvalue weighted by molar-refractivity contribution is 7.99. The molecule has 1 heterocycles. The minimum atomic E-state index is -0.321. The summed E-state index contributed by atoms with van der Waals surface area (Å²) in [6, 6.07) is 8.26. The average Bonchev–Trinajstić information content (AvgIpc) is 2.73. The van der Waals surface area contributed by atoms with Crippen LogP contribution in [0.5, 0.6) is 0 Å². The fraction of sp³-hybridized carbons (Fsp3) is 0.611. The van der Waals surface area contributed by atoms with E-state index in [-0.39, 0.29) is 24.3 Å². The molecule has 6 heteroatoms. The molecular weight excluding hydrogens is 323 g/mol. The first kappa shape index (κ1) is 19.4. The molecule has 0 atom stereocenters. The lowest BCUT2D eigenvalue weighted by molar-refractivity contribution is -0.143. The molecule has 0 aliphatic carbocycles. The molecule has 0 saturated carbocycles. The Balaban J connectivity index is 1.83. The number of hydrogen-bond acceptors (Lipinski definition) is 5. The van der Waals surface area contributed by atoms with Crippen molar-refractivity contribution in [3.05, 3.63) is 24.3 Å². The molecule has 2 rings (SSSR count). The van der Waals surface area contributed by atoms with Gasteiger partial charge >= 0.3 is 13.1 Å². The van der Waals surface area contributed by atoms with Crippen LogP contribution in [0.4, 0.5) is 0 Å². The van der Waals surface area contributed by atoms with E-state index in [1.807, 2.05) is 6.92 Å². The van der Waals surface area contributed by atoms with E-state index < -0.39 is 0 Å². The predicted octanol–water partition coefficient (Wildman–Crippen LogP) is 3.42. The van der Waals surface area contributed by atoms with E-state index >= 15 is 0 Å². The van der Waals surface area contributed by atoms with Crippen molar-refractivity contribution in [2.75, 3.05) is 12.4 Å². The van der Waals surface area contributed by atoms with Crippen LogP contribution in [0.2, 0.25) is 0 Å². The fourth-order valence-electron chi connectivity index (χ4n) is 2.34. The van der Waals surface area contributed by atoms with E-state index in [1.54, 1.807) is 11.8 Å². The zero-order valence-electron chi connectivity index (χ0n) is 15.3. The molecule has 24 heavy (non-hydrogen) atoms. The molecule has 1 aromatic rings. The summed E-state index contributed by atoms with van der Waals surface area (Å²) in [6.07, 6.45) is 1.30. The van der Waals surface area contributed by atoms with Crippen LogP contribution in [-0.2, 0) is 18.8 Å².